The zero-order valence-electron chi connectivity index (χ0n) is 15.2. The molecule has 1 amide bonds. The Hall–Kier alpha value is -3.67. The van der Waals surface area contributed by atoms with Gasteiger partial charge in [0.1, 0.15) is 11.6 Å². The Bertz CT molecular complexity index is 1160. The lowest BCUT2D eigenvalue weighted by Crippen LogP contribution is -2.16. The molecule has 5 nitrogen and oxygen atoms in total. The first-order valence-corrected chi connectivity index (χ1v) is 8.82. The molecule has 1 N–H and O–H groups in total. The average molecular weight is 375 g/mol. The summed E-state index contributed by atoms with van der Waals surface area (Å²) in [4.78, 5) is 12.0. The Morgan fingerprint density at radius 1 is 1.14 bits per heavy atom. The third-order valence-electron chi connectivity index (χ3n) is 4.42. The van der Waals surface area contributed by atoms with Gasteiger partial charge in [0.05, 0.1) is 6.21 Å². The molecule has 0 aliphatic heterocycles. The van der Waals surface area contributed by atoms with Crippen LogP contribution >= 0.6 is 0 Å². The molecule has 2 aromatic heterocycles. The highest BCUT2D eigenvalue weighted by atomic mass is 19.1. The van der Waals surface area contributed by atoms with Crippen molar-refractivity contribution in [2.75, 3.05) is 0 Å². The van der Waals surface area contributed by atoms with Gasteiger partial charge in [0.15, 0.2) is 5.76 Å². The van der Waals surface area contributed by atoms with Gasteiger partial charge in [0.2, 0.25) is 0 Å². The van der Waals surface area contributed by atoms with Crippen LogP contribution in [0.5, 0.6) is 0 Å². The zero-order chi connectivity index (χ0) is 19.5. The summed E-state index contributed by atoms with van der Waals surface area (Å²) < 4.78 is 20.5. The van der Waals surface area contributed by atoms with E-state index in [0.29, 0.717) is 12.3 Å². The van der Waals surface area contributed by atoms with Gasteiger partial charge in [-0.2, -0.15) is 5.10 Å². The highest BCUT2D eigenvalue weighted by Gasteiger charge is 2.10. The third-order valence-corrected chi connectivity index (χ3v) is 4.42. The van der Waals surface area contributed by atoms with Crippen molar-refractivity contribution in [3.8, 4) is 0 Å². The van der Waals surface area contributed by atoms with Crippen LogP contribution in [0.25, 0.3) is 10.9 Å². The van der Waals surface area contributed by atoms with Crippen LogP contribution in [0.1, 0.15) is 27.4 Å². The van der Waals surface area contributed by atoms with Crippen LogP contribution in [0.2, 0.25) is 0 Å². The van der Waals surface area contributed by atoms with Crippen molar-refractivity contribution in [3.63, 3.8) is 0 Å². The van der Waals surface area contributed by atoms with Crippen LogP contribution in [0.4, 0.5) is 4.39 Å². The largest absolute Gasteiger partial charge is 0.456 e. The maximum atomic E-state index is 13.1. The van der Waals surface area contributed by atoms with Crippen LogP contribution in [-0.2, 0) is 6.54 Å². The number of nitrogens with zero attached hydrogens (tertiary/aromatic N) is 2. The molecule has 28 heavy (non-hydrogen) atoms. The second-order valence-electron chi connectivity index (χ2n) is 6.47. The maximum absolute atomic E-state index is 13.1. The molecule has 140 valence electrons. The summed E-state index contributed by atoms with van der Waals surface area (Å²) in [5, 5.41) is 5.07. The highest BCUT2D eigenvalue weighted by molar-refractivity contribution is 6.00. The van der Waals surface area contributed by atoms with Gasteiger partial charge in [-0.1, -0.05) is 30.3 Å². The van der Waals surface area contributed by atoms with Crippen LogP contribution in [0.15, 0.2) is 76.4 Å². The number of aromatic nitrogens is 1. The van der Waals surface area contributed by atoms with E-state index >= 15 is 0 Å². The molecule has 0 saturated carbocycles. The molecule has 6 heteroatoms. The molecule has 0 fully saturated rings. The number of rotatable bonds is 5. The van der Waals surface area contributed by atoms with Gasteiger partial charge in [0.25, 0.3) is 0 Å². The lowest BCUT2D eigenvalue weighted by atomic mass is 10.2. The summed E-state index contributed by atoms with van der Waals surface area (Å²) in [7, 11) is 0. The second kappa shape index (κ2) is 7.52. The van der Waals surface area contributed by atoms with Crippen molar-refractivity contribution in [2.24, 2.45) is 5.10 Å². The minimum absolute atomic E-state index is 0.216. The normalized spacial score (nSPS) is 11.4. The Kier molecular flexibility index (Phi) is 4.76. The molecule has 0 radical (unpaired) electrons. The summed E-state index contributed by atoms with van der Waals surface area (Å²) in [5.74, 6) is 0.224. The van der Waals surface area contributed by atoms with Gasteiger partial charge in [-0.3, -0.25) is 4.79 Å². The summed E-state index contributed by atoms with van der Waals surface area (Å²) in [6.45, 7) is 2.38. The van der Waals surface area contributed by atoms with Crippen molar-refractivity contribution in [2.45, 2.75) is 13.5 Å². The molecule has 0 spiro atoms. The minimum atomic E-state index is -0.403. The van der Waals surface area contributed by atoms with Gasteiger partial charge >= 0.3 is 5.91 Å². The molecular weight excluding hydrogens is 357 g/mol. The van der Waals surface area contributed by atoms with E-state index in [1.54, 1.807) is 37.4 Å². The molecule has 0 aliphatic carbocycles. The standard InChI is InChI=1S/C22H18FN3O2/c1-15-6-11-21(28-15)22(27)25-24-12-17-14-26(20-5-3-2-4-19(17)20)13-16-7-9-18(23)10-8-16/h2-12,14H,13H2,1H3,(H,25,27)/b24-12+. The lowest BCUT2D eigenvalue weighted by molar-refractivity contribution is 0.0926. The number of fused-ring (bicyclic) bond motifs is 1. The van der Waals surface area contributed by atoms with E-state index in [9.17, 15) is 9.18 Å². The number of hydrazone groups is 1. The number of halogens is 1. The van der Waals surface area contributed by atoms with Crippen molar-refractivity contribution in [1.29, 1.82) is 0 Å². The quantitative estimate of drug-likeness (QED) is 0.413. The van der Waals surface area contributed by atoms with Crippen molar-refractivity contribution in [3.05, 3.63) is 95.3 Å². The number of hydrogen-bond donors (Lipinski definition) is 1. The molecular formula is C22H18FN3O2. The fraction of sp³-hybridized carbons (Fsp3) is 0.0909. The number of furan rings is 1. The van der Waals surface area contributed by atoms with E-state index in [-0.39, 0.29) is 11.6 Å². The first kappa shape index (κ1) is 17.7. The molecule has 0 bridgehead atoms. The Labute approximate surface area is 161 Å². The number of carbonyl (C=O) groups excluding carboxylic acids is 1. The predicted molar refractivity (Wildman–Crippen MR) is 106 cm³/mol. The van der Waals surface area contributed by atoms with Gasteiger partial charge in [-0.05, 0) is 42.8 Å². The van der Waals surface area contributed by atoms with Gasteiger partial charge in [-0.25, -0.2) is 9.82 Å². The second-order valence-corrected chi connectivity index (χ2v) is 6.47. The van der Waals surface area contributed by atoms with E-state index in [0.717, 1.165) is 22.0 Å². The Morgan fingerprint density at radius 3 is 2.68 bits per heavy atom. The van der Waals surface area contributed by atoms with E-state index < -0.39 is 5.91 Å². The van der Waals surface area contributed by atoms with E-state index in [4.69, 9.17) is 4.42 Å². The molecule has 4 rings (SSSR count). The number of amides is 1. The SMILES string of the molecule is Cc1ccc(C(=O)N/N=C/c2cn(Cc3ccc(F)cc3)c3ccccc23)o1. The van der Waals surface area contributed by atoms with Crippen LogP contribution in [-0.4, -0.2) is 16.7 Å². The Balaban J connectivity index is 1.57. The number of hydrogen-bond acceptors (Lipinski definition) is 3. The number of benzene rings is 2. The molecule has 4 aromatic rings. The fourth-order valence-electron chi connectivity index (χ4n) is 3.07. The van der Waals surface area contributed by atoms with E-state index in [1.807, 2.05) is 30.5 Å². The molecule has 2 aromatic carbocycles. The summed E-state index contributed by atoms with van der Waals surface area (Å²) in [6.07, 6.45) is 3.57. The topological polar surface area (TPSA) is 59.5 Å². The number of nitrogens with one attached hydrogen (secondary N) is 1. The monoisotopic (exact) mass is 375 g/mol. The zero-order valence-corrected chi connectivity index (χ0v) is 15.2. The van der Waals surface area contributed by atoms with Crippen LogP contribution in [0.3, 0.4) is 0 Å². The highest BCUT2D eigenvalue weighted by Crippen LogP contribution is 2.21. The summed E-state index contributed by atoms with van der Waals surface area (Å²) in [5.41, 5.74) is 5.37. The van der Waals surface area contributed by atoms with Gasteiger partial charge in [-0.15, -0.1) is 0 Å². The molecule has 2 heterocycles. The molecule has 0 unspecified atom stereocenters. The number of carbonyl (C=O) groups is 1. The maximum Gasteiger partial charge on any atom is 0.307 e. The summed E-state index contributed by atoms with van der Waals surface area (Å²) in [6, 6.07) is 17.7. The molecule has 0 atom stereocenters. The van der Waals surface area contributed by atoms with Crippen LogP contribution in [0, 0.1) is 12.7 Å². The van der Waals surface area contributed by atoms with E-state index in [2.05, 4.69) is 15.1 Å². The summed E-state index contributed by atoms with van der Waals surface area (Å²) >= 11 is 0. The smallest absolute Gasteiger partial charge is 0.307 e. The predicted octanol–water partition coefficient (Wildman–Crippen LogP) is 4.49. The van der Waals surface area contributed by atoms with E-state index in [1.165, 1.54) is 12.1 Å². The van der Waals surface area contributed by atoms with Gasteiger partial charge in [0, 0.05) is 29.2 Å². The van der Waals surface area contributed by atoms with Gasteiger partial charge < -0.3 is 8.98 Å². The first-order valence-electron chi connectivity index (χ1n) is 8.82. The fourth-order valence-corrected chi connectivity index (χ4v) is 3.07. The molecule has 0 aliphatic rings. The molecule has 0 saturated heterocycles. The van der Waals surface area contributed by atoms with Crippen molar-refractivity contribution < 1.29 is 13.6 Å². The first-order chi connectivity index (χ1) is 13.6. The average Bonchev–Trinajstić information content (AvgIpc) is 3.28. The minimum Gasteiger partial charge on any atom is -0.456 e. The van der Waals surface area contributed by atoms with Crippen molar-refractivity contribution in [1.82, 2.24) is 9.99 Å². The van der Waals surface area contributed by atoms with Crippen molar-refractivity contribution >= 4 is 23.0 Å². The number of para-hydroxylation sites is 1. The third kappa shape index (κ3) is 3.71. The lowest BCUT2D eigenvalue weighted by Gasteiger charge is -2.05. The number of aryl methyl sites for hydroxylation is 1. The Morgan fingerprint density at radius 2 is 1.93 bits per heavy atom. The van der Waals surface area contributed by atoms with Crippen LogP contribution < -0.4 is 5.43 Å².